The highest BCUT2D eigenvalue weighted by molar-refractivity contribution is 5.74. The van der Waals surface area contributed by atoms with Crippen molar-refractivity contribution >= 4 is 17.4 Å². The Morgan fingerprint density at radius 2 is 2.23 bits per heavy atom. The van der Waals surface area contributed by atoms with Crippen molar-refractivity contribution in [3.63, 3.8) is 0 Å². The summed E-state index contributed by atoms with van der Waals surface area (Å²) in [6.07, 6.45) is 0.0812. The van der Waals surface area contributed by atoms with Gasteiger partial charge in [0.15, 0.2) is 5.82 Å². The summed E-state index contributed by atoms with van der Waals surface area (Å²) in [6.45, 7) is 7.88. The zero-order chi connectivity index (χ0) is 18.7. The predicted molar refractivity (Wildman–Crippen MR) is 101 cm³/mol. The van der Waals surface area contributed by atoms with E-state index < -0.39 is 6.23 Å². The monoisotopic (exact) mass is 357 g/mol. The van der Waals surface area contributed by atoms with Gasteiger partial charge in [-0.1, -0.05) is 19.1 Å². The number of aryl methyl sites for hydroxylation is 1. The van der Waals surface area contributed by atoms with Crippen LogP contribution < -0.4 is 10.6 Å². The van der Waals surface area contributed by atoms with Crippen molar-refractivity contribution < 1.29 is 9.90 Å². The molecule has 2 heterocycles. The number of aromatic nitrogens is 2. The van der Waals surface area contributed by atoms with Gasteiger partial charge in [0.05, 0.1) is 13.1 Å². The second-order valence-electron chi connectivity index (χ2n) is 6.71. The summed E-state index contributed by atoms with van der Waals surface area (Å²) in [4.78, 5) is 13.7. The molecule has 140 valence electrons. The van der Waals surface area contributed by atoms with E-state index in [4.69, 9.17) is 5.10 Å². The molecule has 0 aliphatic carbocycles. The van der Waals surface area contributed by atoms with Gasteiger partial charge in [-0.05, 0) is 31.2 Å². The molecule has 1 aliphatic rings. The Balaban J connectivity index is 1.92. The molecule has 0 fully saturated rings. The summed E-state index contributed by atoms with van der Waals surface area (Å²) in [5, 5.41) is 21.2. The average molecular weight is 357 g/mol. The number of amides is 1. The zero-order valence-electron chi connectivity index (χ0n) is 15.6. The molecule has 7 nitrogen and oxygen atoms in total. The molecule has 1 unspecified atom stereocenters. The second kappa shape index (κ2) is 7.88. The first-order valence-electron chi connectivity index (χ1n) is 9.07. The van der Waals surface area contributed by atoms with Crippen LogP contribution in [0.1, 0.15) is 30.7 Å². The Labute approximate surface area is 154 Å². The summed E-state index contributed by atoms with van der Waals surface area (Å²) in [7, 11) is 0. The van der Waals surface area contributed by atoms with Crippen LogP contribution in [0, 0.1) is 6.92 Å². The maximum Gasteiger partial charge on any atom is 0.219 e. The highest BCUT2D eigenvalue weighted by atomic mass is 16.3. The first-order chi connectivity index (χ1) is 12.5. The number of rotatable bonds is 6. The smallest absolute Gasteiger partial charge is 0.219 e. The van der Waals surface area contributed by atoms with Crippen LogP contribution in [0.3, 0.4) is 0 Å². The highest BCUT2D eigenvalue weighted by Gasteiger charge is 2.27. The molecule has 1 atom stereocenters. The molecule has 3 N–H and O–H groups in total. The summed E-state index contributed by atoms with van der Waals surface area (Å²) in [5.74, 6) is 0.817. The molecule has 0 bridgehead atoms. The van der Waals surface area contributed by atoms with Crippen LogP contribution in [0.2, 0.25) is 0 Å². The number of carbonyl (C=O) groups excluding carboxylic acids is 1. The number of nitrogens with zero attached hydrogens (tertiary/aromatic N) is 3. The Morgan fingerprint density at radius 3 is 2.92 bits per heavy atom. The summed E-state index contributed by atoms with van der Waals surface area (Å²) in [5.41, 5.74) is 4.23. The molecular formula is C19H27N5O2. The number of likely N-dealkylation sites (N-methyl/N-ethyl adjacent to an activating group) is 1. The average Bonchev–Trinajstić information content (AvgIpc) is 2.92. The Hall–Kier alpha value is -2.38. The second-order valence-corrected chi connectivity index (χ2v) is 6.71. The third-order valence-electron chi connectivity index (χ3n) is 4.65. The number of hydrogen-bond acceptors (Lipinski definition) is 5. The number of aliphatic hydroxyl groups is 1. The predicted octanol–water partition coefficient (Wildman–Crippen LogP) is 1.77. The Morgan fingerprint density at radius 1 is 1.42 bits per heavy atom. The van der Waals surface area contributed by atoms with Gasteiger partial charge in [0.2, 0.25) is 5.91 Å². The van der Waals surface area contributed by atoms with Gasteiger partial charge in [0, 0.05) is 36.8 Å². The van der Waals surface area contributed by atoms with Crippen molar-refractivity contribution in [2.75, 3.05) is 18.4 Å². The first-order valence-corrected chi connectivity index (χ1v) is 9.07. The van der Waals surface area contributed by atoms with Gasteiger partial charge in [-0.15, -0.1) is 0 Å². The lowest BCUT2D eigenvalue weighted by Crippen LogP contribution is -2.36. The van der Waals surface area contributed by atoms with Crippen LogP contribution in [0.25, 0.3) is 0 Å². The number of carbonyl (C=O) groups is 1. The largest absolute Gasteiger partial charge is 0.377 e. The van der Waals surface area contributed by atoms with Gasteiger partial charge in [-0.25, -0.2) is 0 Å². The molecule has 1 aromatic carbocycles. The topological polar surface area (TPSA) is 82.4 Å². The van der Waals surface area contributed by atoms with Crippen molar-refractivity contribution in [3.05, 3.63) is 41.1 Å². The van der Waals surface area contributed by atoms with Gasteiger partial charge in [-0.2, -0.15) is 5.10 Å². The molecule has 1 aromatic heterocycles. The number of hydrogen-bond donors (Lipinski definition) is 3. The van der Waals surface area contributed by atoms with E-state index in [1.807, 2.05) is 41.6 Å². The fourth-order valence-corrected chi connectivity index (χ4v) is 3.33. The maximum atomic E-state index is 11.8. The van der Waals surface area contributed by atoms with Crippen molar-refractivity contribution in [1.82, 2.24) is 20.0 Å². The van der Waals surface area contributed by atoms with E-state index in [2.05, 4.69) is 16.7 Å². The number of fused-ring (bicyclic) bond motifs is 1. The number of aliphatic hydroxyl groups excluding tert-OH is 1. The minimum atomic E-state index is -0.651. The van der Waals surface area contributed by atoms with Gasteiger partial charge < -0.3 is 15.3 Å². The van der Waals surface area contributed by atoms with Crippen LogP contribution >= 0.6 is 0 Å². The van der Waals surface area contributed by atoms with Crippen molar-refractivity contribution in [3.8, 4) is 0 Å². The van der Waals surface area contributed by atoms with Gasteiger partial charge in [0.25, 0.3) is 0 Å². The zero-order valence-corrected chi connectivity index (χ0v) is 15.6. The van der Waals surface area contributed by atoms with Crippen LogP contribution in [0.5, 0.6) is 0 Å². The van der Waals surface area contributed by atoms with E-state index in [0.29, 0.717) is 26.2 Å². The van der Waals surface area contributed by atoms with E-state index in [0.717, 1.165) is 34.7 Å². The van der Waals surface area contributed by atoms with Gasteiger partial charge >= 0.3 is 0 Å². The van der Waals surface area contributed by atoms with E-state index in [-0.39, 0.29) is 5.91 Å². The molecule has 0 radical (unpaired) electrons. The minimum Gasteiger partial charge on any atom is -0.377 e. The van der Waals surface area contributed by atoms with Crippen molar-refractivity contribution in [2.45, 2.75) is 46.5 Å². The lowest BCUT2D eigenvalue weighted by atomic mass is 10.1. The molecule has 0 saturated heterocycles. The molecular weight excluding hydrogens is 330 g/mol. The van der Waals surface area contributed by atoms with Gasteiger partial charge in [-0.3, -0.25) is 14.8 Å². The quantitative estimate of drug-likeness (QED) is 0.687. The standard InChI is InChI=1S/C19H27N5O2/c1-4-20-18(26)12-24-17-8-9-23(14(3)25)11-16(17)19(22-24)21-15-7-5-6-13(2)10-15/h5-7,10,18,20,26H,4,8-9,11-12H2,1-3H3,(H,21,22). The SMILES string of the molecule is CCNC(O)Cn1nc(Nc2cccc(C)c2)c2c1CCN(C(C)=O)C2. The van der Waals surface area contributed by atoms with E-state index >= 15 is 0 Å². The van der Waals surface area contributed by atoms with Crippen LogP contribution in [0.4, 0.5) is 11.5 Å². The van der Waals surface area contributed by atoms with E-state index in [1.54, 1.807) is 6.92 Å². The molecule has 3 rings (SSSR count). The molecule has 0 spiro atoms. The normalized spacial score (nSPS) is 14.8. The van der Waals surface area contributed by atoms with Crippen molar-refractivity contribution in [1.29, 1.82) is 0 Å². The molecule has 7 heteroatoms. The third kappa shape index (κ3) is 4.05. The molecule has 2 aromatic rings. The summed E-state index contributed by atoms with van der Waals surface area (Å²) in [6, 6.07) is 8.10. The van der Waals surface area contributed by atoms with Gasteiger partial charge in [0.1, 0.15) is 6.23 Å². The molecule has 26 heavy (non-hydrogen) atoms. The third-order valence-corrected chi connectivity index (χ3v) is 4.65. The Kier molecular flexibility index (Phi) is 5.58. The number of benzene rings is 1. The highest BCUT2D eigenvalue weighted by Crippen LogP contribution is 2.29. The number of nitrogens with one attached hydrogen (secondary N) is 2. The molecule has 1 amide bonds. The summed E-state index contributed by atoms with van der Waals surface area (Å²) >= 11 is 0. The molecule has 1 aliphatic heterocycles. The fourth-order valence-electron chi connectivity index (χ4n) is 3.33. The van der Waals surface area contributed by atoms with Crippen LogP contribution in [-0.2, 0) is 24.3 Å². The van der Waals surface area contributed by atoms with E-state index in [9.17, 15) is 9.90 Å². The lowest BCUT2D eigenvalue weighted by molar-refractivity contribution is -0.129. The minimum absolute atomic E-state index is 0.0672. The maximum absolute atomic E-state index is 11.8. The number of anilines is 2. The summed E-state index contributed by atoms with van der Waals surface area (Å²) < 4.78 is 1.86. The van der Waals surface area contributed by atoms with Crippen molar-refractivity contribution in [2.24, 2.45) is 0 Å². The molecule has 0 saturated carbocycles. The first kappa shape index (κ1) is 18.4. The van der Waals surface area contributed by atoms with E-state index in [1.165, 1.54) is 0 Å². The van der Waals surface area contributed by atoms with Crippen LogP contribution in [-0.4, -0.2) is 45.0 Å². The van der Waals surface area contributed by atoms with Crippen LogP contribution in [0.15, 0.2) is 24.3 Å². The Bertz CT molecular complexity index is 786. The fraction of sp³-hybridized carbons (Fsp3) is 0.474. The lowest BCUT2D eigenvalue weighted by Gasteiger charge is -2.27.